The molecule has 1 spiro atoms. The molecule has 0 amide bonds. The SMILES string of the molecule is C=C(O)C(=O)O.[NH-][C@H]1CCCC12CCC[C@@H]2[NH-].[Pt+2]. The van der Waals surface area contributed by atoms with Crippen LogP contribution in [0.2, 0.25) is 0 Å². The normalized spacial score (nSPS) is 28.1. The van der Waals surface area contributed by atoms with Crippen molar-refractivity contribution in [2.24, 2.45) is 5.41 Å². The van der Waals surface area contributed by atoms with Crippen LogP contribution in [0.15, 0.2) is 12.3 Å². The molecular weight excluding hydrogens is 415 g/mol. The number of hydrogen-bond acceptors (Lipinski definition) is 2. The predicted molar refractivity (Wildman–Crippen MR) is 65.8 cm³/mol. The number of hydrogen-bond donors (Lipinski definition) is 2. The molecular formula is C12H20N2O3Pt. The van der Waals surface area contributed by atoms with Gasteiger partial charge in [-0.05, 0) is 6.58 Å². The first-order valence-corrected chi connectivity index (χ1v) is 5.93. The number of aliphatic hydroxyl groups is 1. The van der Waals surface area contributed by atoms with Gasteiger partial charge in [0.25, 0.3) is 0 Å². The minimum absolute atomic E-state index is 0. The van der Waals surface area contributed by atoms with Crippen LogP contribution in [0.4, 0.5) is 0 Å². The van der Waals surface area contributed by atoms with Crippen LogP contribution >= 0.6 is 0 Å². The Bertz CT molecular complexity index is 280. The van der Waals surface area contributed by atoms with Crippen LogP contribution in [0.5, 0.6) is 0 Å². The van der Waals surface area contributed by atoms with Crippen LogP contribution in [0, 0.1) is 5.41 Å². The molecule has 0 aliphatic heterocycles. The molecule has 0 aromatic carbocycles. The van der Waals surface area contributed by atoms with Gasteiger partial charge in [-0.1, -0.05) is 43.9 Å². The smallest absolute Gasteiger partial charge is 0.674 e. The van der Waals surface area contributed by atoms with Gasteiger partial charge in [-0.15, -0.1) is 12.1 Å². The maximum absolute atomic E-state index is 9.35. The molecule has 0 heterocycles. The fourth-order valence-electron chi connectivity index (χ4n) is 2.91. The maximum Gasteiger partial charge on any atom is 2.00 e. The third-order valence-corrected chi connectivity index (χ3v) is 3.90. The standard InChI is InChI=1S/C9H16N2.C3H4O3.Pt/c10-7-3-1-5-9(7)6-2-4-8(9)11;1-2(4)3(5)6;/h7-8,10-11H,1-6H2;4H,1H2,(H,5,6);/q-2;;+2/t7-,8-,9?;;/m0../s1. The summed E-state index contributed by atoms with van der Waals surface area (Å²) in [5, 5.41) is 15.5. The number of aliphatic carboxylic acids is 1. The number of carbonyl (C=O) groups is 1. The van der Waals surface area contributed by atoms with Crippen molar-refractivity contribution in [3.8, 4) is 0 Å². The Morgan fingerprint density at radius 1 is 1.11 bits per heavy atom. The molecule has 0 aromatic rings. The average molecular weight is 435 g/mol. The zero-order valence-corrected chi connectivity index (χ0v) is 12.5. The largest absolute Gasteiger partial charge is 2.00 e. The monoisotopic (exact) mass is 435 g/mol. The Labute approximate surface area is 122 Å². The van der Waals surface area contributed by atoms with E-state index < -0.39 is 11.7 Å². The van der Waals surface area contributed by atoms with Gasteiger partial charge >= 0.3 is 27.0 Å². The number of carboxylic acids is 1. The molecule has 4 N–H and O–H groups in total. The molecule has 2 saturated carbocycles. The Kier molecular flexibility index (Phi) is 7.11. The second-order valence-corrected chi connectivity index (χ2v) is 4.87. The molecule has 2 atom stereocenters. The summed E-state index contributed by atoms with van der Waals surface area (Å²) in [5.41, 5.74) is 15.9. The second kappa shape index (κ2) is 7.27. The van der Waals surface area contributed by atoms with E-state index >= 15 is 0 Å². The van der Waals surface area contributed by atoms with Crippen molar-refractivity contribution in [2.45, 2.75) is 50.6 Å². The van der Waals surface area contributed by atoms with Crippen LogP contribution in [0.1, 0.15) is 38.5 Å². The van der Waals surface area contributed by atoms with Crippen molar-refractivity contribution in [2.75, 3.05) is 0 Å². The van der Waals surface area contributed by atoms with E-state index in [1.165, 1.54) is 12.8 Å². The molecule has 0 saturated heterocycles. The van der Waals surface area contributed by atoms with Gasteiger partial charge in [0.05, 0.1) is 0 Å². The van der Waals surface area contributed by atoms with Gasteiger partial charge < -0.3 is 21.7 Å². The molecule has 2 fully saturated rings. The molecule has 106 valence electrons. The van der Waals surface area contributed by atoms with E-state index in [9.17, 15) is 4.79 Å². The van der Waals surface area contributed by atoms with E-state index in [-0.39, 0.29) is 38.6 Å². The van der Waals surface area contributed by atoms with E-state index in [1.54, 1.807) is 0 Å². The third kappa shape index (κ3) is 3.80. The Morgan fingerprint density at radius 2 is 1.44 bits per heavy atom. The van der Waals surface area contributed by atoms with Crippen molar-refractivity contribution < 1.29 is 36.1 Å². The van der Waals surface area contributed by atoms with Crippen LogP contribution in [0.3, 0.4) is 0 Å². The topological polar surface area (TPSA) is 105 Å². The van der Waals surface area contributed by atoms with Crippen LogP contribution in [-0.2, 0) is 25.9 Å². The van der Waals surface area contributed by atoms with Crippen molar-refractivity contribution in [1.82, 2.24) is 0 Å². The van der Waals surface area contributed by atoms with E-state index in [0.29, 0.717) is 0 Å². The van der Waals surface area contributed by atoms with E-state index in [4.69, 9.17) is 21.7 Å². The minimum atomic E-state index is -1.38. The quantitative estimate of drug-likeness (QED) is 0.488. The summed E-state index contributed by atoms with van der Waals surface area (Å²) < 4.78 is 0. The minimum Gasteiger partial charge on any atom is -0.674 e. The molecule has 18 heavy (non-hydrogen) atoms. The first-order valence-electron chi connectivity index (χ1n) is 5.93. The van der Waals surface area contributed by atoms with Crippen LogP contribution in [0.25, 0.3) is 11.5 Å². The van der Waals surface area contributed by atoms with Gasteiger partial charge in [0.1, 0.15) is 0 Å². The summed E-state index contributed by atoms with van der Waals surface area (Å²) in [7, 11) is 0. The molecule has 0 bridgehead atoms. The fraction of sp³-hybridized carbons (Fsp3) is 0.750. The van der Waals surface area contributed by atoms with E-state index in [2.05, 4.69) is 6.58 Å². The first kappa shape index (κ1) is 17.6. The first-order chi connectivity index (χ1) is 7.90. The van der Waals surface area contributed by atoms with E-state index in [1.807, 2.05) is 0 Å². The zero-order chi connectivity index (χ0) is 13.1. The molecule has 0 radical (unpaired) electrons. The summed E-state index contributed by atoms with van der Waals surface area (Å²) in [6, 6.07) is 0.181. The van der Waals surface area contributed by atoms with Crippen molar-refractivity contribution in [3.05, 3.63) is 23.8 Å². The van der Waals surface area contributed by atoms with Crippen LogP contribution in [-0.4, -0.2) is 28.3 Å². The number of carboxylic acid groups (broad SMARTS) is 1. The third-order valence-electron chi connectivity index (χ3n) is 3.90. The average Bonchev–Trinajstić information content (AvgIpc) is 2.78. The number of rotatable bonds is 1. The van der Waals surface area contributed by atoms with E-state index in [0.717, 1.165) is 25.7 Å². The van der Waals surface area contributed by atoms with Crippen molar-refractivity contribution in [3.63, 3.8) is 0 Å². The molecule has 0 aromatic heterocycles. The molecule has 2 rings (SSSR count). The summed E-state index contributed by atoms with van der Waals surface area (Å²) in [4.78, 5) is 9.35. The van der Waals surface area contributed by atoms with Gasteiger partial charge in [-0.25, -0.2) is 4.79 Å². The van der Waals surface area contributed by atoms with Crippen LogP contribution < -0.4 is 0 Å². The number of aliphatic hydroxyl groups excluding tert-OH is 1. The Hall–Kier alpha value is -0.382. The summed E-state index contributed by atoms with van der Waals surface area (Å²) >= 11 is 0. The molecule has 5 nitrogen and oxygen atoms in total. The summed E-state index contributed by atoms with van der Waals surface area (Å²) in [6.07, 6.45) is 6.82. The molecule has 2 aliphatic rings. The number of nitrogens with one attached hydrogen (secondary N) is 2. The van der Waals surface area contributed by atoms with Gasteiger partial charge in [-0.2, -0.15) is 0 Å². The fourth-order valence-corrected chi connectivity index (χ4v) is 2.91. The Morgan fingerprint density at radius 3 is 1.61 bits per heavy atom. The van der Waals surface area contributed by atoms with Gasteiger partial charge in [-0.3, -0.25) is 0 Å². The maximum atomic E-state index is 9.35. The van der Waals surface area contributed by atoms with Crippen molar-refractivity contribution in [1.29, 1.82) is 0 Å². The van der Waals surface area contributed by atoms with Gasteiger partial charge in [0.2, 0.25) is 0 Å². The second-order valence-electron chi connectivity index (χ2n) is 4.87. The molecule has 0 unspecified atom stereocenters. The molecule has 6 heteroatoms. The molecule has 2 aliphatic carbocycles. The summed E-state index contributed by atoms with van der Waals surface area (Å²) in [6.45, 7) is 2.71. The van der Waals surface area contributed by atoms with Gasteiger partial charge in [0.15, 0.2) is 5.76 Å². The van der Waals surface area contributed by atoms with Gasteiger partial charge in [0, 0.05) is 0 Å². The summed E-state index contributed by atoms with van der Waals surface area (Å²) in [5.74, 6) is -2.20. The predicted octanol–water partition coefficient (Wildman–Crippen LogP) is 3.32. The van der Waals surface area contributed by atoms with Crippen molar-refractivity contribution >= 4 is 5.97 Å². The Balaban J connectivity index is 0.000000362. The zero-order valence-electron chi connectivity index (χ0n) is 10.2.